The topological polar surface area (TPSA) is 79.8 Å². The van der Waals surface area contributed by atoms with Crippen LogP contribution in [-0.2, 0) is 6.54 Å². The highest BCUT2D eigenvalue weighted by Gasteiger charge is 2.13. The molecule has 0 radical (unpaired) electrons. The van der Waals surface area contributed by atoms with Gasteiger partial charge in [0.15, 0.2) is 0 Å². The van der Waals surface area contributed by atoms with Crippen molar-refractivity contribution < 1.29 is 14.4 Å². The van der Waals surface area contributed by atoms with Crippen LogP contribution in [0.15, 0.2) is 29.2 Å². The van der Waals surface area contributed by atoms with Crippen LogP contribution in [0.3, 0.4) is 0 Å². The summed E-state index contributed by atoms with van der Waals surface area (Å²) in [5, 5.41) is 19.2. The van der Waals surface area contributed by atoms with Crippen molar-refractivity contribution in [1.29, 1.82) is 0 Å². The molecule has 1 heterocycles. The first-order valence-electron chi connectivity index (χ1n) is 4.84. The van der Waals surface area contributed by atoms with Crippen molar-refractivity contribution in [2.45, 2.75) is 6.54 Å². The Morgan fingerprint density at radius 1 is 1.62 bits per heavy atom. The minimum atomic E-state index is -0.576. The number of hydrogen-bond donors (Lipinski definition) is 1. The van der Waals surface area contributed by atoms with E-state index in [1.165, 1.54) is 6.07 Å². The Balaban J connectivity index is 2.61. The zero-order valence-electron chi connectivity index (χ0n) is 8.83. The van der Waals surface area contributed by atoms with Crippen LogP contribution in [0.1, 0.15) is 5.76 Å². The second-order valence-corrected chi connectivity index (χ2v) is 3.24. The maximum Gasteiger partial charge on any atom is 0.433 e. The number of nitrogens with zero attached hydrogens (tertiary/aromatic N) is 2. The summed E-state index contributed by atoms with van der Waals surface area (Å²) >= 11 is 0. The van der Waals surface area contributed by atoms with E-state index in [-0.39, 0.29) is 12.5 Å². The minimum Gasteiger partial charge on any atom is -0.404 e. The summed E-state index contributed by atoms with van der Waals surface area (Å²) in [6.07, 6.45) is 1.70. The molecule has 6 heteroatoms. The molecule has 0 spiro atoms. The van der Waals surface area contributed by atoms with Crippen molar-refractivity contribution >= 4 is 5.88 Å². The Labute approximate surface area is 92.9 Å². The van der Waals surface area contributed by atoms with Gasteiger partial charge in [-0.05, 0) is 6.07 Å². The fourth-order valence-corrected chi connectivity index (χ4v) is 1.33. The average molecular weight is 226 g/mol. The van der Waals surface area contributed by atoms with E-state index < -0.39 is 4.92 Å². The molecule has 1 N–H and O–H groups in total. The molecule has 0 amide bonds. The minimum absolute atomic E-state index is 0.0244. The molecule has 0 saturated carbocycles. The Hall–Kier alpha value is -1.66. The Bertz CT molecular complexity index is 361. The van der Waals surface area contributed by atoms with E-state index in [1.54, 1.807) is 12.1 Å². The van der Waals surface area contributed by atoms with Crippen LogP contribution >= 0.6 is 0 Å². The van der Waals surface area contributed by atoms with Crippen molar-refractivity contribution in [3.63, 3.8) is 0 Å². The van der Waals surface area contributed by atoms with Crippen LogP contribution in [0.5, 0.6) is 0 Å². The molecule has 0 unspecified atom stereocenters. The van der Waals surface area contributed by atoms with E-state index in [0.29, 0.717) is 25.4 Å². The van der Waals surface area contributed by atoms with Gasteiger partial charge in [0.2, 0.25) is 0 Å². The molecule has 0 atom stereocenters. The molecule has 0 fully saturated rings. The van der Waals surface area contributed by atoms with Crippen LogP contribution in [0.25, 0.3) is 0 Å². The van der Waals surface area contributed by atoms with Gasteiger partial charge in [-0.1, -0.05) is 6.08 Å². The lowest BCUT2D eigenvalue weighted by atomic mass is 10.4. The van der Waals surface area contributed by atoms with E-state index in [9.17, 15) is 10.1 Å². The van der Waals surface area contributed by atoms with Crippen LogP contribution in [-0.4, -0.2) is 34.6 Å². The van der Waals surface area contributed by atoms with Crippen LogP contribution in [0.2, 0.25) is 0 Å². The van der Waals surface area contributed by atoms with Crippen LogP contribution < -0.4 is 0 Å². The van der Waals surface area contributed by atoms with Crippen molar-refractivity contribution in [2.75, 3.05) is 19.7 Å². The van der Waals surface area contributed by atoms with Gasteiger partial charge in [-0.15, -0.1) is 6.58 Å². The van der Waals surface area contributed by atoms with E-state index in [2.05, 4.69) is 6.58 Å². The number of hydrogen-bond acceptors (Lipinski definition) is 5. The normalized spacial score (nSPS) is 10.6. The highest BCUT2D eigenvalue weighted by molar-refractivity contribution is 5.17. The summed E-state index contributed by atoms with van der Waals surface area (Å²) in [6.45, 7) is 5.10. The van der Waals surface area contributed by atoms with Gasteiger partial charge in [-0.25, -0.2) is 0 Å². The highest BCUT2D eigenvalue weighted by Crippen LogP contribution is 2.16. The first-order chi connectivity index (χ1) is 7.67. The molecule has 0 bridgehead atoms. The van der Waals surface area contributed by atoms with E-state index in [0.717, 1.165) is 0 Å². The van der Waals surface area contributed by atoms with Crippen molar-refractivity contribution in [3.05, 3.63) is 40.7 Å². The number of furan rings is 1. The lowest BCUT2D eigenvalue weighted by Crippen LogP contribution is -2.26. The standard InChI is InChI=1S/C10H14N2O4/c1-2-5-11(6-7-13)8-9-3-4-10(16-9)12(14)15/h2-4,13H,1,5-8H2. The summed E-state index contributed by atoms with van der Waals surface area (Å²) in [6, 6.07) is 2.88. The van der Waals surface area contributed by atoms with Gasteiger partial charge in [0.25, 0.3) is 0 Å². The third kappa shape index (κ3) is 3.48. The molecule has 16 heavy (non-hydrogen) atoms. The summed E-state index contributed by atoms with van der Waals surface area (Å²) in [7, 11) is 0. The SMILES string of the molecule is C=CCN(CCO)Cc1ccc([N+](=O)[O-])o1. The van der Waals surface area contributed by atoms with Gasteiger partial charge in [0.1, 0.15) is 10.7 Å². The molecule has 6 nitrogen and oxygen atoms in total. The molecule has 0 aliphatic carbocycles. The molecular weight excluding hydrogens is 212 g/mol. The Morgan fingerprint density at radius 3 is 2.88 bits per heavy atom. The fourth-order valence-electron chi connectivity index (χ4n) is 1.33. The van der Waals surface area contributed by atoms with Gasteiger partial charge in [0.05, 0.1) is 19.2 Å². The lowest BCUT2D eigenvalue weighted by Gasteiger charge is -2.17. The number of aliphatic hydroxyl groups excluding tert-OH is 1. The summed E-state index contributed by atoms with van der Waals surface area (Å²) in [5.41, 5.74) is 0. The third-order valence-corrected chi connectivity index (χ3v) is 2.01. The van der Waals surface area contributed by atoms with Gasteiger partial charge in [-0.2, -0.15) is 0 Å². The van der Waals surface area contributed by atoms with Crippen LogP contribution in [0, 0.1) is 10.1 Å². The molecule has 88 valence electrons. The zero-order valence-corrected chi connectivity index (χ0v) is 8.83. The lowest BCUT2D eigenvalue weighted by molar-refractivity contribution is -0.402. The quantitative estimate of drug-likeness (QED) is 0.429. The average Bonchev–Trinajstić information content (AvgIpc) is 2.67. The fraction of sp³-hybridized carbons (Fsp3) is 0.400. The van der Waals surface area contributed by atoms with E-state index in [4.69, 9.17) is 9.52 Å². The van der Waals surface area contributed by atoms with E-state index >= 15 is 0 Å². The van der Waals surface area contributed by atoms with Gasteiger partial charge in [0, 0.05) is 13.1 Å². The summed E-state index contributed by atoms with van der Waals surface area (Å²) < 4.78 is 5.01. The maximum absolute atomic E-state index is 10.4. The molecular formula is C10H14N2O4. The highest BCUT2D eigenvalue weighted by atomic mass is 16.6. The summed E-state index contributed by atoms with van der Waals surface area (Å²) in [5.74, 6) is 0.236. The number of nitro groups is 1. The third-order valence-electron chi connectivity index (χ3n) is 2.01. The predicted octanol–water partition coefficient (Wildman–Crippen LogP) is 1.17. The summed E-state index contributed by atoms with van der Waals surface area (Å²) in [4.78, 5) is 11.7. The molecule has 0 aliphatic heterocycles. The predicted molar refractivity (Wildman–Crippen MR) is 57.9 cm³/mol. The molecule has 0 aliphatic rings. The Morgan fingerprint density at radius 2 is 2.38 bits per heavy atom. The molecule has 0 aromatic carbocycles. The second-order valence-electron chi connectivity index (χ2n) is 3.24. The second kappa shape index (κ2) is 6.04. The van der Waals surface area contributed by atoms with Gasteiger partial charge < -0.3 is 9.52 Å². The van der Waals surface area contributed by atoms with E-state index in [1.807, 2.05) is 4.90 Å². The first-order valence-corrected chi connectivity index (χ1v) is 4.84. The smallest absolute Gasteiger partial charge is 0.404 e. The molecule has 1 rings (SSSR count). The Kier molecular flexibility index (Phi) is 4.68. The largest absolute Gasteiger partial charge is 0.433 e. The van der Waals surface area contributed by atoms with Crippen LogP contribution in [0.4, 0.5) is 5.88 Å². The van der Waals surface area contributed by atoms with Gasteiger partial charge in [-0.3, -0.25) is 15.0 Å². The molecule has 1 aromatic rings. The van der Waals surface area contributed by atoms with Crippen molar-refractivity contribution in [3.8, 4) is 0 Å². The first kappa shape index (κ1) is 12.4. The maximum atomic E-state index is 10.4. The van der Waals surface area contributed by atoms with Crippen molar-refractivity contribution in [2.24, 2.45) is 0 Å². The van der Waals surface area contributed by atoms with Crippen molar-refractivity contribution in [1.82, 2.24) is 4.90 Å². The monoisotopic (exact) mass is 226 g/mol. The molecule has 0 saturated heterocycles. The number of aliphatic hydroxyl groups is 1. The number of rotatable bonds is 7. The molecule has 1 aromatic heterocycles. The zero-order chi connectivity index (χ0) is 12.0. The van der Waals surface area contributed by atoms with Gasteiger partial charge >= 0.3 is 5.88 Å².